The first-order valence-electron chi connectivity index (χ1n) is 4.48. The lowest BCUT2D eigenvalue weighted by atomic mass is 10.0. The highest BCUT2D eigenvalue weighted by Gasteiger charge is 2.14. The molecule has 1 aromatic rings. The van der Waals surface area contributed by atoms with Crippen LogP contribution in [-0.4, -0.2) is 17.6 Å². The van der Waals surface area contributed by atoms with Gasteiger partial charge in [-0.3, -0.25) is 0 Å². The zero-order valence-corrected chi connectivity index (χ0v) is 7.96. The van der Waals surface area contributed by atoms with Gasteiger partial charge in [-0.25, -0.2) is 0 Å². The molecule has 1 aliphatic rings. The Kier molecular flexibility index (Phi) is 1.85. The molecule has 1 heterocycles. The van der Waals surface area contributed by atoms with Gasteiger partial charge in [-0.2, -0.15) is 0 Å². The summed E-state index contributed by atoms with van der Waals surface area (Å²) in [5.74, 6) is 0. The van der Waals surface area contributed by atoms with Crippen LogP contribution in [0, 0.1) is 0 Å². The number of aromatic nitrogens is 1. The third-order valence-electron chi connectivity index (χ3n) is 2.51. The maximum atomic E-state index is 3.27. The Morgan fingerprint density at radius 1 is 1.46 bits per heavy atom. The van der Waals surface area contributed by atoms with Crippen molar-refractivity contribution in [3.05, 3.63) is 35.0 Å². The molecule has 2 rings (SSSR count). The quantitative estimate of drug-likeness (QED) is 0.622. The van der Waals surface area contributed by atoms with Crippen molar-refractivity contribution in [2.24, 2.45) is 0 Å². The molecule has 0 fully saturated rings. The average molecular weight is 174 g/mol. The van der Waals surface area contributed by atoms with Crippen molar-refractivity contribution in [3.63, 3.8) is 0 Å². The fourth-order valence-electron chi connectivity index (χ4n) is 1.52. The average Bonchev–Trinajstić information content (AvgIpc) is 2.47. The minimum Gasteiger partial charge on any atom is -0.361 e. The van der Waals surface area contributed by atoms with Crippen molar-refractivity contribution in [2.75, 3.05) is 7.05 Å². The van der Waals surface area contributed by atoms with Gasteiger partial charge in [0.05, 0.1) is 5.54 Å². The molecule has 1 unspecified atom stereocenters. The molecule has 0 aromatic carbocycles. The standard InChI is InChI=1S/C11H14N2/c1-11(12-2)6-3-4-9-5-7-13-10(9)8-11/h3-8,12-13H,1-2H3. The van der Waals surface area contributed by atoms with Gasteiger partial charge in [0.15, 0.2) is 0 Å². The molecule has 68 valence electrons. The van der Waals surface area contributed by atoms with E-state index >= 15 is 0 Å². The van der Waals surface area contributed by atoms with Crippen molar-refractivity contribution in [3.8, 4) is 0 Å². The van der Waals surface area contributed by atoms with E-state index in [1.54, 1.807) is 0 Å². The summed E-state index contributed by atoms with van der Waals surface area (Å²) < 4.78 is 0. The zero-order chi connectivity index (χ0) is 9.31. The monoisotopic (exact) mass is 174 g/mol. The second-order valence-corrected chi connectivity index (χ2v) is 3.55. The van der Waals surface area contributed by atoms with Gasteiger partial charge in [0.2, 0.25) is 0 Å². The molecular weight excluding hydrogens is 160 g/mol. The number of fused-ring (bicyclic) bond motifs is 1. The first kappa shape index (κ1) is 8.32. The van der Waals surface area contributed by atoms with E-state index in [1.807, 2.05) is 13.2 Å². The zero-order valence-electron chi connectivity index (χ0n) is 7.96. The highest BCUT2D eigenvalue weighted by molar-refractivity contribution is 5.50. The van der Waals surface area contributed by atoms with Crippen molar-refractivity contribution >= 4 is 12.2 Å². The van der Waals surface area contributed by atoms with Crippen molar-refractivity contribution < 1.29 is 0 Å². The Labute approximate surface area is 77.7 Å². The van der Waals surface area contributed by atoms with Crippen LogP contribution in [0.2, 0.25) is 0 Å². The highest BCUT2D eigenvalue weighted by atomic mass is 14.9. The number of likely N-dealkylation sites (N-methyl/N-ethyl adjacent to an activating group) is 1. The number of H-pyrrole nitrogens is 1. The van der Waals surface area contributed by atoms with Crippen molar-refractivity contribution in [1.82, 2.24) is 10.3 Å². The predicted octanol–water partition coefficient (Wildman–Crippen LogP) is 0.124. The van der Waals surface area contributed by atoms with E-state index in [9.17, 15) is 0 Å². The van der Waals surface area contributed by atoms with Crippen molar-refractivity contribution in [1.29, 1.82) is 0 Å². The first-order valence-corrected chi connectivity index (χ1v) is 4.48. The maximum absolute atomic E-state index is 3.27. The van der Waals surface area contributed by atoms with Crippen LogP contribution in [0.1, 0.15) is 6.92 Å². The Morgan fingerprint density at radius 3 is 3.08 bits per heavy atom. The summed E-state index contributed by atoms with van der Waals surface area (Å²) >= 11 is 0. The third-order valence-corrected chi connectivity index (χ3v) is 2.51. The van der Waals surface area contributed by atoms with Crippen LogP contribution >= 0.6 is 0 Å². The molecular formula is C11H14N2. The molecule has 0 amide bonds. The summed E-state index contributed by atoms with van der Waals surface area (Å²) in [6.07, 6.45) is 10.5. The number of aromatic amines is 1. The lowest BCUT2D eigenvalue weighted by molar-refractivity contribution is 0.619. The third kappa shape index (κ3) is 1.45. The van der Waals surface area contributed by atoms with Gasteiger partial charge < -0.3 is 10.3 Å². The van der Waals surface area contributed by atoms with Gasteiger partial charge in [-0.15, -0.1) is 0 Å². The summed E-state index contributed by atoms with van der Waals surface area (Å²) in [7, 11) is 1.97. The summed E-state index contributed by atoms with van der Waals surface area (Å²) in [4.78, 5) is 3.22. The van der Waals surface area contributed by atoms with Crippen LogP contribution in [0.4, 0.5) is 0 Å². The Balaban J connectivity index is 2.66. The van der Waals surface area contributed by atoms with Crippen molar-refractivity contribution in [2.45, 2.75) is 12.5 Å². The Bertz CT molecular complexity index is 439. The van der Waals surface area contributed by atoms with E-state index in [0.29, 0.717) is 0 Å². The largest absolute Gasteiger partial charge is 0.361 e. The number of allylic oxidation sites excluding steroid dienone is 1. The van der Waals surface area contributed by atoms with Crippen LogP contribution in [0.5, 0.6) is 0 Å². The van der Waals surface area contributed by atoms with Crippen LogP contribution < -0.4 is 15.9 Å². The normalized spacial score (nSPS) is 25.7. The Hall–Kier alpha value is -1.28. The highest BCUT2D eigenvalue weighted by Crippen LogP contribution is 2.07. The van der Waals surface area contributed by atoms with E-state index in [0.717, 1.165) is 0 Å². The summed E-state index contributed by atoms with van der Waals surface area (Å²) in [5.41, 5.74) is -0.0490. The molecule has 0 saturated heterocycles. The molecule has 1 aromatic heterocycles. The van der Waals surface area contributed by atoms with E-state index in [2.05, 4.69) is 47.6 Å². The van der Waals surface area contributed by atoms with Crippen LogP contribution in [0.3, 0.4) is 0 Å². The fraction of sp³-hybridized carbons (Fsp3) is 0.273. The topological polar surface area (TPSA) is 27.8 Å². The van der Waals surface area contributed by atoms with E-state index < -0.39 is 0 Å². The van der Waals surface area contributed by atoms with Gasteiger partial charge in [-0.05, 0) is 31.3 Å². The molecule has 1 atom stereocenters. The molecule has 2 nitrogen and oxygen atoms in total. The summed E-state index contributed by atoms with van der Waals surface area (Å²) in [6, 6.07) is 2.08. The fourth-order valence-corrected chi connectivity index (χ4v) is 1.52. The molecule has 0 radical (unpaired) electrons. The second kappa shape index (κ2) is 2.89. The molecule has 0 saturated carbocycles. The van der Waals surface area contributed by atoms with Crippen LogP contribution in [0.15, 0.2) is 24.4 Å². The van der Waals surface area contributed by atoms with E-state index in [1.165, 1.54) is 10.6 Å². The lowest BCUT2D eigenvalue weighted by Crippen LogP contribution is -2.38. The first-order chi connectivity index (χ1) is 6.23. The molecule has 0 spiro atoms. The predicted molar refractivity (Wildman–Crippen MR) is 55.6 cm³/mol. The Morgan fingerprint density at radius 2 is 2.31 bits per heavy atom. The SMILES string of the molecule is CNC1(C)C=CC=c2cc[nH]c2=C1. The smallest absolute Gasteiger partial charge is 0.0545 e. The van der Waals surface area contributed by atoms with E-state index in [4.69, 9.17) is 0 Å². The molecule has 2 heteroatoms. The number of nitrogens with one attached hydrogen (secondary N) is 2. The number of hydrogen-bond donors (Lipinski definition) is 2. The molecule has 1 aliphatic carbocycles. The minimum atomic E-state index is -0.0490. The second-order valence-electron chi connectivity index (χ2n) is 3.55. The van der Waals surface area contributed by atoms with E-state index in [-0.39, 0.29) is 5.54 Å². The molecule has 2 N–H and O–H groups in total. The van der Waals surface area contributed by atoms with Gasteiger partial charge >= 0.3 is 0 Å². The number of hydrogen-bond acceptors (Lipinski definition) is 1. The van der Waals surface area contributed by atoms with Gasteiger partial charge in [0.1, 0.15) is 0 Å². The van der Waals surface area contributed by atoms with Crippen LogP contribution in [0.25, 0.3) is 12.2 Å². The lowest BCUT2D eigenvalue weighted by Gasteiger charge is -2.19. The van der Waals surface area contributed by atoms with Crippen LogP contribution in [-0.2, 0) is 0 Å². The molecule has 0 bridgehead atoms. The number of rotatable bonds is 1. The molecule has 0 aliphatic heterocycles. The van der Waals surface area contributed by atoms with Gasteiger partial charge in [0.25, 0.3) is 0 Å². The molecule has 13 heavy (non-hydrogen) atoms. The van der Waals surface area contributed by atoms with Gasteiger partial charge in [-0.1, -0.05) is 18.2 Å². The minimum absolute atomic E-state index is 0.0490. The summed E-state index contributed by atoms with van der Waals surface area (Å²) in [5, 5.41) is 5.70. The van der Waals surface area contributed by atoms with Gasteiger partial charge in [0, 0.05) is 11.5 Å². The summed E-state index contributed by atoms with van der Waals surface area (Å²) in [6.45, 7) is 2.15. The maximum Gasteiger partial charge on any atom is 0.0545 e.